The maximum absolute atomic E-state index is 11.9. The molecule has 0 fully saturated rings. The molecule has 92 valence electrons. The number of nitrogens with zero attached hydrogens (tertiary/aromatic N) is 1. The van der Waals surface area contributed by atoms with E-state index >= 15 is 0 Å². The third-order valence-corrected chi connectivity index (χ3v) is 2.61. The van der Waals surface area contributed by atoms with Crippen LogP contribution in [0.5, 0.6) is 5.75 Å². The van der Waals surface area contributed by atoms with E-state index in [0.717, 1.165) is 16.8 Å². The first-order valence-electron chi connectivity index (χ1n) is 5.67. The number of hydrogen-bond acceptors (Lipinski definition) is 2. The van der Waals surface area contributed by atoms with Crippen molar-refractivity contribution < 1.29 is 4.74 Å². The highest BCUT2D eigenvalue weighted by atomic mass is 16.5. The van der Waals surface area contributed by atoms with Crippen molar-refractivity contribution in [2.24, 2.45) is 5.41 Å². The van der Waals surface area contributed by atoms with Crippen LogP contribution < -0.4 is 10.4 Å². The number of benzene rings is 1. The summed E-state index contributed by atoms with van der Waals surface area (Å²) in [4.78, 5) is 14.7. The number of rotatable bonds is 2. The molecule has 0 aliphatic rings. The molecule has 0 aliphatic heterocycles. The number of H-pyrrole nitrogens is 1. The van der Waals surface area contributed by atoms with Crippen molar-refractivity contribution >= 4 is 11.0 Å². The number of ether oxygens (including phenoxy) is 1. The minimum absolute atomic E-state index is 0.0576. The van der Waals surface area contributed by atoms with Crippen molar-refractivity contribution in [1.29, 1.82) is 0 Å². The molecule has 0 spiro atoms. The molecule has 1 aromatic heterocycles. The molecule has 0 saturated carbocycles. The summed E-state index contributed by atoms with van der Waals surface area (Å²) in [7, 11) is 1.63. The Morgan fingerprint density at radius 1 is 1.35 bits per heavy atom. The first-order chi connectivity index (χ1) is 7.90. The van der Waals surface area contributed by atoms with E-state index in [-0.39, 0.29) is 11.1 Å². The summed E-state index contributed by atoms with van der Waals surface area (Å²) >= 11 is 0. The quantitative estimate of drug-likeness (QED) is 0.867. The standard InChI is InChI=1S/C13H18N2O2/c1-13(2,3)8-15-11-7-9(17-4)5-6-10(11)14-12(15)16/h5-7H,8H2,1-4H3,(H,14,16). The highest BCUT2D eigenvalue weighted by Gasteiger charge is 2.15. The van der Waals surface area contributed by atoms with Gasteiger partial charge in [0.05, 0.1) is 18.1 Å². The number of aromatic amines is 1. The van der Waals surface area contributed by atoms with E-state index in [0.29, 0.717) is 6.54 Å². The molecule has 0 radical (unpaired) electrons. The predicted octanol–water partition coefficient (Wildman–Crippen LogP) is 2.38. The largest absolute Gasteiger partial charge is 0.497 e. The van der Waals surface area contributed by atoms with Gasteiger partial charge in [0.2, 0.25) is 0 Å². The van der Waals surface area contributed by atoms with Crippen molar-refractivity contribution in [1.82, 2.24) is 9.55 Å². The summed E-state index contributed by atoms with van der Waals surface area (Å²) in [6.45, 7) is 7.01. The summed E-state index contributed by atoms with van der Waals surface area (Å²) in [6, 6.07) is 5.60. The van der Waals surface area contributed by atoms with Crippen molar-refractivity contribution in [2.75, 3.05) is 7.11 Å². The number of fused-ring (bicyclic) bond motifs is 1. The molecule has 0 unspecified atom stereocenters. The van der Waals surface area contributed by atoms with Crippen LogP contribution in [0.15, 0.2) is 23.0 Å². The Bertz CT molecular complexity index is 587. The number of nitrogens with one attached hydrogen (secondary N) is 1. The lowest BCUT2D eigenvalue weighted by molar-refractivity contribution is 0.343. The molecule has 0 amide bonds. The molecule has 1 heterocycles. The predicted molar refractivity (Wildman–Crippen MR) is 68.6 cm³/mol. The second-order valence-corrected chi connectivity index (χ2v) is 5.46. The highest BCUT2D eigenvalue weighted by Crippen LogP contribution is 2.22. The smallest absolute Gasteiger partial charge is 0.326 e. The normalized spacial score (nSPS) is 12.0. The monoisotopic (exact) mass is 234 g/mol. The maximum atomic E-state index is 11.9. The average Bonchev–Trinajstić information content (AvgIpc) is 2.53. The third-order valence-electron chi connectivity index (χ3n) is 2.61. The zero-order valence-electron chi connectivity index (χ0n) is 10.7. The summed E-state index contributed by atoms with van der Waals surface area (Å²) in [5.74, 6) is 0.763. The minimum Gasteiger partial charge on any atom is -0.497 e. The first kappa shape index (κ1) is 11.8. The first-order valence-corrected chi connectivity index (χ1v) is 5.67. The number of hydrogen-bond donors (Lipinski definition) is 1. The summed E-state index contributed by atoms with van der Waals surface area (Å²) in [5, 5.41) is 0. The molecule has 0 saturated heterocycles. The molecular weight excluding hydrogens is 216 g/mol. The van der Waals surface area contributed by atoms with Crippen LogP contribution in [0.1, 0.15) is 20.8 Å². The van der Waals surface area contributed by atoms with Crippen LogP contribution in [0, 0.1) is 5.41 Å². The van der Waals surface area contributed by atoms with E-state index in [9.17, 15) is 4.79 Å². The second kappa shape index (κ2) is 3.95. The molecule has 2 aromatic rings. The Morgan fingerprint density at radius 2 is 2.06 bits per heavy atom. The van der Waals surface area contributed by atoms with E-state index in [4.69, 9.17) is 4.74 Å². The lowest BCUT2D eigenvalue weighted by atomic mass is 9.97. The molecule has 4 nitrogen and oxygen atoms in total. The molecule has 0 aliphatic carbocycles. The van der Waals surface area contributed by atoms with Gasteiger partial charge in [-0.15, -0.1) is 0 Å². The van der Waals surface area contributed by atoms with Gasteiger partial charge in [0, 0.05) is 12.6 Å². The fourth-order valence-electron chi connectivity index (χ4n) is 1.89. The van der Waals surface area contributed by atoms with Gasteiger partial charge in [-0.25, -0.2) is 4.79 Å². The van der Waals surface area contributed by atoms with Crippen LogP contribution in [-0.2, 0) is 6.54 Å². The maximum Gasteiger partial charge on any atom is 0.326 e. The highest BCUT2D eigenvalue weighted by molar-refractivity contribution is 5.77. The van der Waals surface area contributed by atoms with Gasteiger partial charge in [0.25, 0.3) is 0 Å². The molecule has 1 aromatic carbocycles. The average molecular weight is 234 g/mol. The van der Waals surface area contributed by atoms with E-state index in [1.165, 1.54) is 0 Å². The molecular formula is C13H18N2O2. The van der Waals surface area contributed by atoms with Crippen molar-refractivity contribution in [3.8, 4) is 5.75 Å². The van der Waals surface area contributed by atoms with Gasteiger partial charge >= 0.3 is 5.69 Å². The number of aromatic nitrogens is 2. The third kappa shape index (κ3) is 2.35. The Morgan fingerprint density at radius 3 is 2.65 bits per heavy atom. The Labute approximate surface area is 100 Å². The molecule has 2 rings (SSSR count). The van der Waals surface area contributed by atoms with E-state index < -0.39 is 0 Å². The van der Waals surface area contributed by atoms with E-state index in [1.807, 2.05) is 18.2 Å². The zero-order chi connectivity index (χ0) is 12.6. The Balaban J connectivity index is 2.60. The van der Waals surface area contributed by atoms with Gasteiger partial charge in [-0.05, 0) is 17.5 Å². The summed E-state index contributed by atoms with van der Waals surface area (Å²) in [6.07, 6.45) is 0. The minimum atomic E-state index is -0.0665. The van der Waals surface area contributed by atoms with Crippen LogP contribution >= 0.6 is 0 Å². The molecule has 4 heteroatoms. The van der Waals surface area contributed by atoms with Gasteiger partial charge in [0.1, 0.15) is 5.75 Å². The van der Waals surface area contributed by atoms with Crippen LogP contribution in [0.25, 0.3) is 11.0 Å². The number of methoxy groups -OCH3 is 1. The van der Waals surface area contributed by atoms with Crippen molar-refractivity contribution in [3.05, 3.63) is 28.7 Å². The Hall–Kier alpha value is -1.71. The van der Waals surface area contributed by atoms with Gasteiger partial charge in [-0.2, -0.15) is 0 Å². The fourth-order valence-corrected chi connectivity index (χ4v) is 1.89. The number of imidazole rings is 1. The molecule has 17 heavy (non-hydrogen) atoms. The second-order valence-electron chi connectivity index (χ2n) is 5.46. The topological polar surface area (TPSA) is 47.0 Å². The zero-order valence-corrected chi connectivity index (χ0v) is 10.7. The van der Waals surface area contributed by atoms with E-state index in [1.54, 1.807) is 11.7 Å². The lowest BCUT2D eigenvalue weighted by Gasteiger charge is -2.18. The lowest BCUT2D eigenvalue weighted by Crippen LogP contribution is -2.24. The van der Waals surface area contributed by atoms with E-state index in [2.05, 4.69) is 25.8 Å². The SMILES string of the molecule is COc1ccc2[nH]c(=O)n(CC(C)(C)C)c2c1. The summed E-state index contributed by atoms with van der Waals surface area (Å²) < 4.78 is 6.95. The Kier molecular flexibility index (Phi) is 2.73. The van der Waals surface area contributed by atoms with Crippen LogP contribution in [0.4, 0.5) is 0 Å². The van der Waals surface area contributed by atoms with Gasteiger partial charge in [-0.3, -0.25) is 4.57 Å². The van der Waals surface area contributed by atoms with Crippen LogP contribution in [0.3, 0.4) is 0 Å². The van der Waals surface area contributed by atoms with Crippen LogP contribution in [-0.4, -0.2) is 16.7 Å². The van der Waals surface area contributed by atoms with Crippen molar-refractivity contribution in [2.45, 2.75) is 27.3 Å². The van der Waals surface area contributed by atoms with Crippen molar-refractivity contribution in [3.63, 3.8) is 0 Å². The van der Waals surface area contributed by atoms with Gasteiger partial charge in [-0.1, -0.05) is 20.8 Å². The van der Waals surface area contributed by atoms with Crippen LogP contribution in [0.2, 0.25) is 0 Å². The molecule has 1 N–H and O–H groups in total. The van der Waals surface area contributed by atoms with Gasteiger partial charge in [0.15, 0.2) is 0 Å². The fraction of sp³-hybridized carbons (Fsp3) is 0.462. The summed E-state index contributed by atoms with van der Waals surface area (Å²) in [5.41, 5.74) is 1.73. The van der Waals surface area contributed by atoms with Gasteiger partial charge < -0.3 is 9.72 Å². The molecule has 0 atom stereocenters. The molecule has 0 bridgehead atoms.